The molecule has 3 nitrogen and oxygen atoms in total. The van der Waals surface area contributed by atoms with Crippen molar-refractivity contribution in [3.63, 3.8) is 0 Å². The Morgan fingerprint density at radius 2 is 2.06 bits per heavy atom. The van der Waals surface area contributed by atoms with Crippen molar-refractivity contribution in [3.8, 4) is 0 Å². The molecule has 0 aromatic carbocycles. The monoisotopic (exact) mass is 272 g/mol. The van der Waals surface area contributed by atoms with Gasteiger partial charge in [-0.2, -0.15) is 11.8 Å². The molecule has 1 N–H and O–H groups in total. The van der Waals surface area contributed by atoms with Gasteiger partial charge < -0.3 is 4.90 Å². The van der Waals surface area contributed by atoms with Crippen molar-refractivity contribution >= 4 is 17.7 Å². The summed E-state index contributed by atoms with van der Waals surface area (Å²) in [5.41, 5.74) is 0. The first-order valence-electron chi connectivity index (χ1n) is 7.10. The highest BCUT2D eigenvalue weighted by atomic mass is 32.2. The molecule has 0 aromatic heterocycles. The number of hydrogen-bond donors (Lipinski definition) is 1. The molecule has 3 unspecified atom stereocenters. The van der Waals surface area contributed by atoms with Crippen molar-refractivity contribution in [2.45, 2.75) is 65.2 Å². The minimum Gasteiger partial charge on any atom is -0.322 e. The third kappa shape index (κ3) is 3.64. The van der Waals surface area contributed by atoms with Crippen LogP contribution >= 0.6 is 11.8 Å². The minimum absolute atomic E-state index is 0.0432. The van der Waals surface area contributed by atoms with E-state index >= 15 is 0 Å². The summed E-state index contributed by atoms with van der Waals surface area (Å²) in [6, 6.07) is 0.362. The molecule has 3 atom stereocenters. The number of rotatable bonds is 7. The summed E-state index contributed by atoms with van der Waals surface area (Å²) in [4.78, 5) is 14.6. The Kier molecular flexibility index (Phi) is 6.50. The average molecular weight is 272 g/mol. The van der Waals surface area contributed by atoms with E-state index in [1.54, 1.807) is 0 Å². The molecule has 0 radical (unpaired) electrons. The predicted molar refractivity (Wildman–Crippen MR) is 79.8 cm³/mol. The van der Waals surface area contributed by atoms with Crippen LogP contribution in [0.3, 0.4) is 0 Å². The number of nitrogens with zero attached hydrogens (tertiary/aromatic N) is 1. The van der Waals surface area contributed by atoms with E-state index in [-0.39, 0.29) is 12.2 Å². The summed E-state index contributed by atoms with van der Waals surface area (Å²) in [6.45, 7) is 8.71. The number of carbonyl (C=O) groups is 1. The maximum absolute atomic E-state index is 12.5. The first-order valence-corrected chi connectivity index (χ1v) is 8.49. The fourth-order valence-corrected chi connectivity index (χ4v) is 3.26. The second-order valence-corrected chi connectivity index (χ2v) is 6.51. The highest BCUT2D eigenvalue weighted by molar-refractivity contribution is 7.98. The molecular formula is C14H28N2OS. The molecule has 0 aromatic rings. The van der Waals surface area contributed by atoms with E-state index < -0.39 is 0 Å². The molecule has 1 aliphatic heterocycles. The molecule has 1 fully saturated rings. The Hall–Kier alpha value is -0.220. The number of amides is 1. The molecule has 1 aliphatic rings. The number of nitrogens with one attached hydrogen (secondary N) is 1. The third-order valence-electron chi connectivity index (χ3n) is 3.58. The van der Waals surface area contributed by atoms with E-state index in [1.165, 1.54) is 0 Å². The van der Waals surface area contributed by atoms with E-state index in [0.29, 0.717) is 17.9 Å². The number of thioether (sulfide) groups is 1. The molecule has 0 bridgehead atoms. The molecule has 0 saturated carbocycles. The van der Waals surface area contributed by atoms with Crippen LogP contribution in [0, 0.1) is 5.92 Å². The van der Waals surface area contributed by atoms with Crippen LogP contribution in [0.1, 0.15) is 47.0 Å². The lowest BCUT2D eigenvalue weighted by Crippen LogP contribution is -2.47. The maximum atomic E-state index is 12.5. The predicted octanol–water partition coefficient (Wildman–Crippen LogP) is 2.71. The summed E-state index contributed by atoms with van der Waals surface area (Å²) >= 11 is 1.81. The van der Waals surface area contributed by atoms with Gasteiger partial charge in [0.2, 0.25) is 5.91 Å². The standard InChI is InChI=1S/C14H28N2OS/c1-6-7-8-12-14(17)16(11(4)9-18-5)13(15-12)10(2)3/h10-13,15H,6-9H2,1-5H3. The van der Waals surface area contributed by atoms with E-state index in [4.69, 9.17) is 0 Å². The zero-order valence-electron chi connectivity index (χ0n) is 12.4. The van der Waals surface area contributed by atoms with Crippen molar-refractivity contribution in [2.24, 2.45) is 5.92 Å². The second-order valence-electron chi connectivity index (χ2n) is 5.60. The lowest BCUT2D eigenvalue weighted by Gasteiger charge is -2.32. The first kappa shape index (κ1) is 15.8. The zero-order chi connectivity index (χ0) is 13.7. The Morgan fingerprint density at radius 1 is 1.39 bits per heavy atom. The van der Waals surface area contributed by atoms with Crippen LogP contribution in [0.5, 0.6) is 0 Å². The molecule has 0 aliphatic carbocycles. The van der Waals surface area contributed by atoms with Gasteiger partial charge in [0, 0.05) is 11.8 Å². The third-order valence-corrected chi connectivity index (χ3v) is 4.40. The van der Waals surface area contributed by atoms with Gasteiger partial charge in [-0.1, -0.05) is 33.6 Å². The normalized spacial score (nSPS) is 26.1. The lowest BCUT2D eigenvalue weighted by molar-refractivity contribution is -0.132. The lowest BCUT2D eigenvalue weighted by atomic mass is 10.1. The van der Waals surface area contributed by atoms with Crippen molar-refractivity contribution in [2.75, 3.05) is 12.0 Å². The van der Waals surface area contributed by atoms with Gasteiger partial charge in [-0.25, -0.2) is 0 Å². The summed E-state index contributed by atoms with van der Waals surface area (Å²) in [5.74, 6) is 1.78. The fourth-order valence-electron chi connectivity index (χ4n) is 2.62. The van der Waals surface area contributed by atoms with Crippen molar-refractivity contribution in [1.29, 1.82) is 0 Å². The van der Waals surface area contributed by atoms with Crippen LogP contribution in [0.4, 0.5) is 0 Å². The minimum atomic E-state index is 0.0432. The largest absolute Gasteiger partial charge is 0.322 e. The fraction of sp³-hybridized carbons (Fsp3) is 0.929. The van der Waals surface area contributed by atoms with Crippen LogP contribution < -0.4 is 5.32 Å². The number of hydrogen-bond acceptors (Lipinski definition) is 3. The van der Waals surface area contributed by atoms with E-state index in [9.17, 15) is 4.79 Å². The molecule has 1 saturated heterocycles. The Balaban J connectivity index is 2.74. The number of carbonyl (C=O) groups excluding carboxylic acids is 1. The van der Waals surface area contributed by atoms with Gasteiger partial charge in [-0.3, -0.25) is 10.1 Å². The molecule has 0 spiro atoms. The van der Waals surface area contributed by atoms with Gasteiger partial charge >= 0.3 is 0 Å². The van der Waals surface area contributed by atoms with Gasteiger partial charge in [0.25, 0.3) is 0 Å². The molecule has 1 heterocycles. The zero-order valence-corrected chi connectivity index (χ0v) is 13.2. The Bertz CT molecular complexity index is 271. The van der Waals surface area contributed by atoms with Crippen LogP contribution in [-0.4, -0.2) is 41.1 Å². The van der Waals surface area contributed by atoms with E-state index in [2.05, 4.69) is 44.2 Å². The van der Waals surface area contributed by atoms with Gasteiger partial charge in [0.05, 0.1) is 12.2 Å². The van der Waals surface area contributed by atoms with Crippen LogP contribution in [0.25, 0.3) is 0 Å². The SMILES string of the molecule is CCCCC1NC(C(C)C)N(C(C)CSC)C1=O. The van der Waals surface area contributed by atoms with Crippen LogP contribution in [-0.2, 0) is 4.79 Å². The van der Waals surface area contributed by atoms with Crippen LogP contribution in [0.15, 0.2) is 0 Å². The Morgan fingerprint density at radius 3 is 2.56 bits per heavy atom. The maximum Gasteiger partial charge on any atom is 0.241 e. The van der Waals surface area contributed by atoms with Crippen molar-refractivity contribution in [1.82, 2.24) is 10.2 Å². The highest BCUT2D eigenvalue weighted by Gasteiger charge is 2.41. The summed E-state index contributed by atoms with van der Waals surface area (Å²) < 4.78 is 0. The van der Waals surface area contributed by atoms with E-state index in [1.807, 2.05) is 11.8 Å². The highest BCUT2D eigenvalue weighted by Crippen LogP contribution is 2.24. The summed E-state index contributed by atoms with van der Waals surface area (Å²) in [5, 5.41) is 3.53. The smallest absolute Gasteiger partial charge is 0.241 e. The van der Waals surface area contributed by atoms with E-state index in [0.717, 1.165) is 25.0 Å². The second kappa shape index (κ2) is 7.39. The summed E-state index contributed by atoms with van der Waals surface area (Å²) in [7, 11) is 0. The van der Waals surface area contributed by atoms with Gasteiger partial charge in [0.1, 0.15) is 0 Å². The van der Waals surface area contributed by atoms with Crippen molar-refractivity contribution in [3.05, 3.63) is 0 Å². The molecule has 18 heavy (non-hydrogen) atoms. The van der Waals surface area contributed by atoms with Gasteiger partial charge in [-0.15, -0.1) is 0 Å². The van der Waals surface area contributed by atoms with Gasteiger partial charge in [-0.05, 0) is 25.5 Å². The summed E-state index contributed by atoms with van der Waals surface area (Å²) in [6.07, 6.45) is 5.56. The molecule has 106 valence electrons. The Labute approximate surface area is 116 Å². The van der Waals surface area contributed by atoms with Crippen LogP contribution in [0.2, 0.25) is 0 Å². The molecule has 4 heteroatoms. The topological polar surface area (TPSA) is 32.3 Å². The first-order chi connectivity index (χ1) is 8.52. The molecule has 1 rings (SSSR count). The van der Waals surface area contributed by atoms with Crippen molar-refractivity contribution < 1.29 is 4.79 Å². The molecule has 1 amide bonds. The molecular weight excluding hydrogens is 244 g/mol. The van der Waals surface area contributed by atoms with Gasteiger partial charge in [0.15, 0.2) is 0 Å². The quantitative estimate of drug-likeness (QED) is 0.773. The average Bonchev–Trinajstić information content (AvgIpc) is 2.64. The number of unbranched alkanes of at least 4 members (excludes halogenated alkanes) is 1.